The number of halogens is 1. The van der Waals surface area contributed by atoms with E-state index in [9.17, 15) is 0 Å². The van der Waals surface area contributed by atoms with Crippen molar-refractivity contribution >= 4 is 34.0 Å². The van der Waals surface area contributed by atoms with Crippen LogP contribution >= 0.6 is 22.6 Å². The first-order chi connectivity index (χ1) is 6.75. The van der Waals surface area contributed by atoms with Gasteiger partial charge in [-0.3, -0.25) is 0 Å². The van der Waals surface area contributed by atoms with Crippen molar-refractivity contribution in [1.82, 2.24) is 0 Å². The highest BCUT2D eigenvalue weighted by Gasteiger charge is 2.10. The van der Waals surface area contributed by atoms with Crippen molar-refractivity contribution < 1.29 is 0 Å². The molecule has 2 nitrogen and oxygen atoms in total. The van der Waals surface area contributed by atoms with Crippen molar-refractivity contribution in [3.63, 3.8) is 0 Å². The number of anilines is 2. The van der Waals surface area contributed by atoms with Crippen LogP contribution in [0.3, 0.4) is 0 Å². The Labute approximate surface area is 97.7 Å². The van der Waals surface area contributed by atoms with E-state index < -0.39 is 0 Å². The molecular formula is C11H13IN2. The van der Waals surface area contributed by atoms with Crippen molar-refractivity contribution in [2.24, 2.45) is 0 Å². The van der Waals surface area contributed by atoms with Crippen LogP contribution in [-0.4, -0.2) is 6.04 Å². The molecule has 1 aromatic carbocycles. The lowest BCUT2D eigenvalue weighted by atomic mass is 10.2. The zero-order chi connectivity index (χ0) is 9.97. The number of nitrogen functional groups attached to an aromatic ring is 1. The van der Waals surface area contributed by atoms with E-state index in [1.165, 1.54) is 3.57 Å². The summed E-state index contributed by atoms with van der Waals surface area (Å²) in [5.41, 5.74) is 7.80. The third kappa shape index (κ3) is 2.20. The molecule has 0 aromatic heterocycles. The molecular weight excluding hydrogens is 287 g/mol. The van der Waals surface area contributed by atoms with Gasteiger partial charge in [-0.25, -0.2) is 0 Å². The molecule has 0 fully saturated rings. The third-order valence-corrected chi connectivity index (χ3v) is 3.05. The van der Waals surface area contributed by atoms with Crippen LogP contribution in [-0.2, 0) is 0 Å². The highest BCUT2D eigenvalue weighted by Crippen LogP contribution is 2.24. The van der Waals surface area contributed by atoms with Gasteiger partial charge in [-0.2, -0.15) is 0 Å². The summed E-state index contributed by atoms with van der Waals surface area (Å²) in [5.74, 6) is 0. The molecule has 0 heterocycles. The van der Waals surface area contributed by atoms with Gasteiger partial charge < -0.3 is 11.1 Å². The second kappa shape index (κ2) is 4.21. The normalized spacial score (nSPS) is 16.1. The van der Waals surface area contributed by atoms with Crippen LogP contribution in [0, 0.1) is 3.57 Å². The zero-order valence-electron chi connectivity index (χ0n) is 7.83. The van der Waals surface area contributed by atoms with Gasteiger partial charge >= 0.3 is 0 Å². The first-order valence-electron chi connectivity index (χ1n) is 4.72. The van der Waals surface area contributed by atoms with Crippen LogP contribution in [0.2, 0.25) is 0 Å². The van der Waals surface area contributed by atoms with Gasteiger partial charge in [-0.05, 0) is 53.6 Å². The van der Waals surface area contributed by atoms with Crippen LogP contribution in [0.5, 0.6) is 0 Å². The molecule has 0 bridgehead atoms. The van der Waals surface area contributed by atoms with Crippen LogP contribution < -0.4 is 11.1 Å². The molecule has 0 saturated heterocycles. The number of nitrogens with two attached hydrogens (primary N) is 1. The maximum atomic E-state index is 5.91. The number of hydrogen-bond acceptors (Lipinski definition) is 2. The topological polar surface area (TPSA) is 38.0 Å². The van der Waals surface area contributed by atoms with E-state index in [4.69, 9.17) is 5.73 Å². The molecule has 3 N–H and O–H groups in total. The molecule has 0 unspecified atom stereocenters. The summed E-state index contributed by atoms with van der Waals surface area (Å²) in [5, 5.41) is 3.45. The molecule has 1 aliphatic carbocycles. The van der Waals surface area contributed by atoms with E-state index in [1.54, 1.807) is 0 Å². The molecule has 0 saturated carbocycles. The summed E-state index contributed by atoms with van der Waals surface area (Å²) in [6.07, 6.45) is 6.62. The van der Waals surface area contributed by atoms with E-state index in [-0.39, 0.29) is 0 Å². The SMILES string of the molecule is Nc1cc(I)ccc1NC1CC=CC1. The standard InChI is InChI=1S/C11H13IN2/c12-8-5-6-11(10(13)7-8)14-9-3-1-2-4-9/h1-2,5-7,9,14H,3-4,13H2. The highest BCUT2D eigenvalue weighted by molar-refractivity contribution is 14.1. The Morgan fingerprint density at radius 2 is 2.00 bits per heavy atom. The van der Waals surface area contributed by atoms with Crippen LogP contribution in [0.15, 0.2) is 30.4 Å². The van der Waals surface area contributed by atoms with E-state index >= 15 is 0 Å². The molecule has 3 heteroatoms. The summed E-state index contributed by atoms with van der Waals surface area (Å²) in [7, 11) is 0. The average Bonchev–Trinajstić information content (AvgIpc) is 2.62. The molecule has 0 spiro atoms. The highest BCUT2D eigenvalue weighted by atomic mass is 127. The van der Waals surface area contributed by atoms with Gasteiger partial charge in [-0.1, -0.05) is 12.2 Å². The van der Waals surface area contributed by atoms with Gasteiger partial charge in [-0.15, -0.1) is 0 Å². The fourth-order valence-corrected chi connectivity index (χ4v) is 2.14. The lowest BCUT2D eigenvalue weighted by molar-refractivity contribution is 0.787. The van der Waals surface area contributed by atoms with Crippen LogP contribution in [0.4, 0.5) is 11.4 Å². The zero-order valence-corrected chi connectivity index (χ0v) is 9.99. The van der Waals surface area contributed by atoms with Crippen LogP contribution in [0.1, 0.15) is 12.8 Å². The van der Waals surface area contributed by atoms with Crippen molar-refractivity contribution in [2.75, 3.05) is 11.1 Å². The van der Waals surface area contributed by atoms with E-state index in [0.717, 1.165) is 24.2 Å². The Bertz CT molecular complexity index is 352. The van der Waals surface area contributed by atoms with Gasteiger partial charge in [0.2, 0.25) is 0 Å². The van der Waals surface area contributed by atoms with E-state index in [2.05, 4.69) is 52.2 Å². The van der Waals surface area contributed by atoms with Gasteiger partial charge in [0.1, 0.15) is 0 Å². The summed E-state index contributed by atoms with van der Waals surface area (Å²) >= 11 is 2.27. The molecule has 14 heavy (non-hydrogen) atoms. The second-order valence-electron chi connectivity index (χ2n) is 3.52. The molecule has 74 valence electrons. The predicted octanol–water partition coefficient (Wildman–Crippen LogP) is 3.00. The minimum absolute atomic E-state index is 0.525. The number of hydrogen-bond donors (Lipinski definition) is 2. The van der Waals surface area contributed by atoms with Crippen molar-refractivity contribution in [1.29, 1.82) is 0 Å². The van der Waals surface area contributed by atoms with Gasteiger partial charge in [0.15, 0.2) is 0 Å². The minimum Gasteiger partial charge on any atom is -0.397 e. The van der Waals surface area contributed by atoms with Crippen LogP contribution in [0.25, 0.3) is 0 Å². The quantitative estimate of drug-likeness (QED) is 0.500. The molecule has 0 amide bonds. The summed E-state index contributed by atoms with van der Waals surface area (Å²) in [4.78, 5) is 0. The summed E-state index contributed by atoms with van der Waals surface area (Å²) in [6.45, 7) is 0. The number of nitrogens with one attached hydrogen (secondary N) is 1. The Balaban J connectivity index is 2.08. The molecule has 0 aliphatic heterocycles. The van der Waals surface area contributed by atoms with Crippen molar-refractivity contribution in [3.05, 3.63) is 33.9 Å². The van der Waals surface area contributed by atoms with Crippen molar-refractivity contribution in [3.8, 4) is 0 Å². The maximum absolute atomic E-state index is 5.91. The van der Waals surface area contributed by atoms with Gasteiger partial charge in [0, 0.05) is 9.61 Å². The van der Waals surface area contributed by atoms with E-state index in [0.29, 0.717) is 6.04 Å². The minimum atomic E-state index is 0.525. The number of benzene rings is 1. The van der Waals surface area contributed by atoms with E-state index in [1.807, 2.05) is 6.07 Å². The third-order valence-electron chi connectivity index (χ3n) is 2.38. The molecule has 1 aromatic rings. The lowest BCUT2D eigenvalue weighted by Gasteiger charge is -2.15. The van der Waals surface area contributed by atoms with Gasteiger partial charge in [0.25, 0.3) is 0 Å². The maximum Gasteiger partial charge on any atom is 0.0577 e. The average molecular weight is 300 g/mol. The largest absolute Gasteiger partial charge is 0.397 e. The Morgan fingerprint density at radius 1 is 1.29 bits per heavy atom. The van der Waals surface area contributed by atoms with Gasteiger partial charge in [0.05, 0.1) is 11.4 Å². The Morgan fingerprint density at radius 3 is 2.64 bits per heavy atom. The molecule has 0 radical (unpaired) electrons. The number of rotatable bonds is 2. The Kier molecular flexibility index (Phi) is 2.96. The predicted molar refractivity (Wildman–Crippen MR) is 69.4 cm³/mol. The summed E-state index contributed by atoms with van der Waals surface area (Å²) in [6, 6.07) is 6.64. The molecule has 1 aliphatic rings. The lowest BCUT2D eigenvalue weighted by Crippen LogP contribution is -2.16. The first-order valence-corrected chi connectivity index (χ1v) is 5.80. The first kappa shape index (κ1) is 9.83. The Hall–Kier alpha value is -0.710. The monoisotopic (exact) mass is 300 g/mol. The smallest absolute Gasteiger partial charge is 0.0577 e. The molecule has 2 rings (SSSR count). The fourth-order valence-electron chi connectivity index (χ4n) is 1.62. The summed E-state index contributed by atoms with van der Waals surface area (Å²) < 4.78 is 1.18. The molecule has 0 atom stereocenters. The fraction of sp³-hybridized carbons (Fsp3) is 0.273. The second-order valence-corrected chi connectivity index (χ2v) is 4.76. The van der Waals surface area contributed by atoms with Crippen molar-refractivity contribution in [2.45, 2.75) is 18.9 Å².